The molecule has 0 spiro atoms. The summed E-state index contributed by atoms with van der Waals surface area (Å²) in [7, 11) is 0. The highest BCUT2D eigenvalue weighted by Crippen LogP contribution is 2.13. The normalized spacial score (nSPS) is 9.44. The highest BCUT2D eigenvalue weighted by atomic mass is 127. The molecule has 0 bridgehead atoms. The number of hydrogen-bond donors (Lipinski definition) is 1. The van der Waals surface area contributed by atoms with E-state index in [1.807, 2.05) is 4.93 Å². The number of rotatable bonds is 0. The Morgan fingerprint density at radius 1 is 1.44 bits per heavy atom. The lowest BCUT2D eigenvalue weighted by Crippen LogP contribution is -2.21. The standard InChI is InChI=1S/C2HF3O2.CH3I/c3-2(4,5)1(6)7;1-2/h(H,6,7);1H3. The van der Waals surface area contributed by atoms with Crippen molar-refractivity contribution in [3.8, 4) is 0 Å². The lowest BCUT2D eigenvalue weighted by atomic mass is 10.7. The van der Waals surface area contributed by atoms with Crippen LogP contribution in [0, 0.1) is 0 Å². The first kappa shape index (κ1) is 11.7. The van der Waals surface area contributed by atoms with Gasteiger partial charge in [-0.05, 0) is 4.93 Å². The maximum absolute atomic E-state index is 10.6. The zero-order valence-corrected chi connectivity index (χ0v) is 6.52. The Hall–Kier alpha value is -0.0100. The Kier molecular flexibility index (Phi) is 6.30. The molecule has 0 aliphatic carbocycles. The molecule has 1 N–H and O–H groups in total. The molecule has 0 aliphatic rings. The molecule has 0 amide bonds. The summed E-state index contributed by atoms with van der Waals surface area (Å²) in [5.41, 5.74) is 0. The molecule has 9 heavy (non-hydrogen) atoms. The summed E-state index contributed by atoms with van der Waals surface area (Å²) in [4.78, 5) is 10.9. The fourth-order valence-corrected chi connectivity index (χ4v) is 0. The average molecular weight is 256 g/mol. The monoisotopic (exact) mass is 256 g/mol. The van der Waals surface area contributed by atoms with Crippen molar-refractivity contribution in [3.05, 3.63) is 0 Å². The topological polar surface area (TPSA) is 37.3 Å². The Morgan fingerprint density at radius 3 is 1.56 bits per heavy atom. The van der Waals surface area contributed by atoms with Gasteiger partial charge in [-0.15, -0.1) is 0 Å². The number of carboxylic acids is 1. The zero-order valence-electron chi connectivity index (χ0n) is 4.37. The van der Waals surface area contributed by atoms with Crippen molar-refractivity contribution in [2.45, 2.75) is 6.18 Å². The molecule has 0 rings (SSSR count). The first-order valence-corrected chi connectivity index (χ1v) is 3.78. The molecule has 6 heteroatoms. The molecule has 0 fully saturated rings. The van der Waals surface area contributed by atoms with Crippen LogP contribution in [0.2, 0.25) is 0 Å². The van der Waals surface area contributed by atoms with Crippen LogP contribution in [0.3, 0.4) is 0 Å². The lowest BCUT2D eigenvalue weighted by Gasteiger charge is -1.93. The van der Waals surface area contributed by atoms with E-state index in [1.165, 1.54) is 0 Å². The molecule has 0 aliphatic heterocycles. The maximum atomic E-state index is 10.6. The minimum absolute atomic E-state index is 1.97. The van der Waals surface area contributed by atoms with Crippen molar-refractivity contribution in [1.82, 2.24) is 0 Å². The van der Waals surface area contributed by atoms with E-state index >= 15 is 0 Å². The Labute approximate surface area is 63.2 Å². The fraction of sp³-hybridized carbons (Fsp3) is 0.667. The van der Waals surface area contributed by atoms with Gasteiger partial charge in [0.05, 0.1) is 0 Å². The first-order chi connectivity index (χ1) is 3.94. The van der Waals surface area contributed by atoms with Crippen molar-refractivity contribution in [2.75, 3.05) is 4.93 Å². The zero-order chi connectivity index (χ0) is 8.08. The summed E-state index contributed by atoms with van der Waals surface area (Å²) in [6.07, 6.45) is -5.08. The summed E-state index contributed by atoms with van der Waals surface area (Å²) < 4.78 is 31.7. The predicted molar refractivity (Wildman–Crippen MR) is 33.6 cm³/mol. The predicted octanol–water partition coefficient (Wildman–Crippen LogP) is 1.68. The van der Waals surface area contributed by atoms with Crippen molar-refractivity contribution < 1.29 is 23.1 Å². The second-order valence-corrected chi connectivity index (χ2v) is 0.803. The molecular formula is C3H4F3IO2. The molecule has 56 valence electrons. The van der Waals surface area contributed by atoms with E-state index in [0.29, 0.717) is 0 Å². The van der Waals surface area contributed by atoms with Crippen molar-refractivity contribution in [1.29, 1.82) is 0 Å². The van der Waals surface area contributed by atoms with E-state index in [9.17, 15) is 13.2 Å². The third kappa shape index (κ3) is 7.99. The fourth-order valence-electron chi connectivity index (χ4n) is 0. The van der Waals surface area contributed by atoms with Crippen molar-refractivity contribution in [3.63, 3.8) is 0 Å². The van der Waals surface area contributed by atoms with Gasteiger partial charge in [0.15, 0.2) is 0 Å². The van der Waals surface area contributed by atoms with Gasteiger partial charge in [0, 0.05) is 0 Å². The van der Waals surface area contributed by atoms with Gasteiger partial charge < -0.3 is 5.11 Å². The average Bonchev–Trinajstić information content (AvgIpc) is 1.69. The van der Waals surface area contributed by atoms with Crippen LogP contribution in [0.4, 0.5) is 13.2 Å². The Balaban J connectivity index is 0. The van der Waals surface area contributed by atoms with Crippen LogP contribution >= 0.6 is 22.6 Å². The summed E-state index contributed by atoms with van der Waals surface area (Å²) in [6.45, 7) is 0. The third-order valence-electron chi connectivity index (χ3n) is 0.243. The smallest absolute Gasteiger partial charge is 0.475 e. The van der Waals surface area contributed by atoms with Crippen LogP contribution in [0.25, 0.3) is 0 Å². The van der Waals surface area contributed by atoms with Gasteiger partial charge in [-0.3, -0.25) is 0 Å². The largest absolute Gasteiger partial charge is 0.490 e. The minimum atomic E-state index is -5.08. The number of aliphatic carboxylic acids is 1. The van der Waals surface area contributed by atoms with Crippen LogP contribution in [0.5, 0.6) is 0 Å². The van der Waals surface area contributed by atoms with Gasteiger partial charge in [0.1, 0.15) is 0 Å². The van der Waals surface area contributed by atoms with Crippen molar-refractivity contribution >= 4 is 28.6 Å². The van der Waals surface area contributed by atoms with E-state index < -0.39 is 12.1 Å². The van der Waals surface area contributed by atoms with E-state index in [4.69, 9.17) is 9.90 Å². The van der Waals surface area contributed by atoms with Crippen LogP contribution in [0.1, 0.15) is 0 Å². The molecule has 0 saturated carbocycles. The maximum Gasteiger partial charge on any atom is 0.490 e. The summed E-state index contributed by atoms with van der Waals surface area (Å²) >= 11 is 2.15. The van der Waals surface area contributed by atoms with E-state index in [1.54, 1.807) is 0 Å². The lowest BCUT2D eigenvalue weighted by molar-refractivity contribution is -0.192. The Bertz CT molecular complexity index is 89.5. The quantitative estimate of drug-likeness (QED) is 0.528. The SMILES string of the molecule is CI.O=C(O)C(F)(F)F. The van der Waals surface area contributed by atoms with Gasteiger partial charge in [-0.2, -0.15) is 13.2 Å². The van der Waals surface area contributed by atoms with Gasteiger partial charge in [0.2, 0.25) is 0 Å². The summed E-state index contributed by atoms with van der Waals surface area (Å²) in [6, 6.07) is 0. The van der Waals surface area contributed by atoms with Gasteiger partial charge in [-0.25, -0.2) is 4.79 Å². The molecule has 0 aromatic rings. The first-order valence-electron chi connectivity index (χ1n) is 1.62. The number of hydrogen-bond acceptors (Lipinski definition) is 1. The van der Waals surface area contributed by atoms with E-state index in [-0.39, 0.29) is 0 Å². The molecular weight excluding hydrogens is 252 g/mol. The summed E-state index contributed by atoms with van der Waals surface area (Å²) in [5.74, 6) is -2.76. The highest BCUT2D eigenvalue weighted by Gasteiger charge is 2.38. The van der Waals surface area contributed by atoms with Crippen LogP contribution < -0.4 is 0 Å². The number of carboxylic acid groups (broad SMARTS) is 1. The van der Waals surface area contributed by atoms with Crippen LogP contribution in [0.15, 0.2) is 0 Å². The van der Waals surface area contributed by atoms with Gasteiger partial charge in [-0.1, -0.05) is 22.6 Å². The molecule has 0 radical (unpaired) electrons. The molecule has 0 aromatic heterocycles. The second-order valence-electron chi connectivity index (χ2n) is 0.803. The second kappa shape index (κ2) is 4.83. The number of halogens is 4. The van der Waals surface area contributed by atoms with E-state index in [2.05, 4.69) is 22.6 Å². The van der Waals surface area contributed by atoms with E-state index in [0.717, 1.165) is 0 Å². The molecule has 0 unspecified atom stereocenters. The van der Waals surface area contributed by atoms with Crippen LogP contribution in [-0.2, 0) is 4.79 Å². The number of alkyl halides is 4. The number of carbonyl (C=O) groups is 1. The molecule has 0 atom stereocenters. The van der Waals surface area contributed by atoms with Crippen LogP contribution in [-0.4, -0.2) is 22.2 Å². The van der Waals surface area contributed by atoms with Crippen molar-refractivity contribution in [2.24, 2.45) is 0 Å². The molecule has 0 heterocycles. The van der Waals surface area contributed by atoms with Gasteiger partial charge >= 0.3 is 12.1 Å². The third-order valence-corrected chi connectivity index (χ3v) is 0.243. The Morgan fingerprint density at radius 2 is 1.56 bits per heavy atom. The minimum Gasteiger partial charge on any atom is -0.475 e. The molecule has 0 saturated heterocycles. The highest BCUT2D eigenvalue weighted by molar-refractivity contribution is 14.1. The molecule has 0 aromatic carbocycles. The summed E-state index contributed by atoms with van der Waals surface area (Å²) in [5, 5.41) is 7.12. The van der Waals surface area contributed by atoms with Gasteiger partial charge in [0.25, 0.3) is 0 Å². The molecule has 2 nitrogen and oxygen atoms in total.